The summed E-state index contributed by atoms with van der Waals surface area (Å²) in [6.07, 6.45) is 5.91. The van der Waals surface area contributed by atoms with Crippen LogP contribution < -0.4 is 9.46 Å². The minimum Gasteiger partial charge on any atom is -0.492 e. The van der Waals surface area contributed by atoms with E-state index in [1.54, 1.807) is 12.2 Å². The predicted molar refractivity (Wildman–Crippen MR) is 106 cm³/mol. The number of rotatable bonds is 9. The van der Waals surface area contributed by atoms with E-state index in [9.17, 15) is 13.2 Å². The van der Waals surface area contributed by atoms with Crippen LogP contribution in [0.15, 0.2) is 47.5 Å². The van der Waals surface area contributed by atoms with E-state index in [0.717, 1.165) is 19.3 Å². The van der Waals surface area contributed by atoms with E-state index in [1.807, 2.05) is 6.92 Å². The van der Waals surface area contributed by atoms with E-state index in [1.165, 1.54) is 25.3 Å². The zero-order valence-corrected chi connectivity index (χ0v) is 17.1. The maximum absolute atomic E-state index is 12.6. The molecule has 1 saturated heterocycles. The summed E-state index contributed by atoms with van der Waals surface area (Å²) in [7, 11) is -2.65. The average Bonchev–Trinajstić information content (AvgIpc) is 2.70. The van der Waals surface area contributed by atoms with Crippen molar-refractivity contribution >= 4 is 16.0 Å². The molecular formula is C20H27NO6S. The van der Waals surface area contributed by atoms with Crippen molar-refractivity contribution in [2.75, 3.05) is 26.9 Å². The Bertz CT molecular complexity index is 825. The van der Waals surface area contributed by atoms with Crippen LogP contribution in [0.25, 0.3) is 0 Å². The summed E-state index contributed by atoms with van der Waals surface area (Å²) in [5, 5.41) is 0. The third-order valence-corrected chi connectivity index (χ3v) is 5.71. The molecular weight excluding hydrogens is 382 g/mol. The molecule has 0 atom stereocenters. The fourth-order valence-electron chi connectivity index (χ4n) is 2.72. The fraction of sp³-hybridized carbons (Fsp3) is 0.450. The average molecular weight is 410 g/mol. The molecule has 1 N–H and O–H groups in total. The lowest BCUT2D eigenvalue weighted by Gasteiger charge is -2.22. The summed E-state index contributed by atoms with van der Waals surface area (Å²) in [6.45, 7) is 7.41. The molecule has 8 heteroatoms. The highest BCUT2D eigenvalue weighted by Crippen LogP contribution is 2.26. The largest absolute Gasteiger partial charge is 0.492 e. The molecule has 0 bridgehead atoms. The van der Waals surface area contributed by atoms with Gasteiger partial charge in [0, 0.05) is 18.9 Å². The molecule has 1 fully saturated rings. The molecule has 0 saturated carbocycles. The van der Waals surface area contributed by atoms with Crippen molar-refractivity contribution in [1.29, 1.82) is 0 Å². The fourth-order valence-corrected chi connectivity index (χ4v) is 3.77. The zero-order chi connectivity index (χ0) is 20.6. The SMILES string of the molecule is C=C(/C=C\CC)NS(=O)(=O)c1ccc(OCC2CCOCC2)c(C(=O)OC)c1. The second kappa shape index (κ2) is 10.3. The van der Waals surface area contributed by atoms with Gasteiger partial charge < -0.3 is 14.2 Å². The van der Waals surface area contributed by atoms with Crippen LogP contribution in [-0.4, -0.2) is 41.3 Å². The number of methoxy groups -OCH3 is 1. The first-order valence-electron chi connectivity index (χ1n) is 9.18. The summed E-state index contributed by atoms with van der Waals surface area (Å²) in [5.74, 6) is -0.0382. The third-order valence-electron chi connectivity index (χ3n) is 4.30. The Morgan fingerprint density at radius 2 is 2.07 bits per heavy atom. The van der Waals surface area contributed by atoms with Crippen LogP contribution in [0.5, 0.6) is 5.75 Å². The van der Waals surface area contributed by atoms with E-state index in [-0.39, 0.29) is 16.2 Å². The quantitative estimate of drug-likeness (QED) is 0.498. The molecule has 154 valence electrons. The first kappa shape index (κ1) is 22.0. The van der Waals surface area contributed by atoms with Crippen molar-refractivity contribution in [3.05, 3.63) is 48.2 Å². The Kier molecular flexibility index (Phi) is 8.07. The highest BCUT2D eigenvalue weighted by atomic mass is 32.2. The predicted octanol–water partition coefficient (Wildman–Crippen LogP) is 3.04. The molecule has 28 heavy (non-hydrogen) atoms. The molecule has 1 aromatic rings. The summed E-state index contributed by atoms with van der Waals surface area (Å²) in [6, 6.07) is 4.12. The maximum atomic E-state index is 12.6. The summed E-state index contributed by atoms with van der Waals surface area (Å²) >= 11 is 0. The minimum absolute atomic E-state index is 0.0622. The van der Waals surface area contributed by atoms with Gasteiger partial charge in [-0.05, 0) is 49.5 Å². The van der Waals surface area contributed by atoms with Crippen molar-refractivity contribution in [3.63, 3.8) is 0 Å². The van der Waals surface area contributed by atoms with Crippen LogP contribution in [0.3, 0.4) is 0 Å². The van der Waals surface area contributed by atoms with E-state index < -0.39 is 16.0 Å². The number of sulfonamides is 1. The van der Waals surface area contributed by atoms with Gasteiger partial charge in [-0.1, -0.05) is 19.6 Å². The summed E-state index contributed by atoms with van der Waals surface area (Å²) in [5.41, 5.74) is 0.299. The molecule has 0 radical (unpaired) electrons. The third kappa shape index (κ3) is 6.10. The van der Waals surface area contributed by atoms with Gasteiger partial charge in [0.15, 0.2) is 0 Å². The molecule has 0 aromatic heterocycles. The molecule has 7 nitrogen and oxygen atoms in total. The van der Waals surface area contributed by atoms with Crippen LogP contribution in [0, 0.1) is 5.92 Å². The normalized spacial score (nSPS) is 15.4. The molecule has 0 aliphatic carbocycles. The molecule has 1 aliphatic rings. The Labute approximate surface area is 166 Å². The van der Waals surface area contributed by atoms with Gasteiger partial charge >= 0.3 is 5.97 Å². The highest BCUT2D eigenvalue weighted by molar-refractivity contribution is 7.89. The van der Waals surface area contributed by atoms with Crippen molar-refractivity contribution in [2.45, 2.75) is 31.1 Å². The van der Waals surface area contributed by atoms with E-state index >= 15 is 0 Å². The van der Waals surface area contributed by atoms with Crippen LogP contribution in [-0.2, 0) is 19.5 Å². The summed E-state index contributed by atoms with van der Waals surface area (Å²) in [4.78, 5) is 12.1. The first-order valence-corrected chi connectivity index (χ1v) is 10.7. The lowest BCUT2D eigenvalue weighted by atomic mass is 10.0. The van der Waals surface area contributed by atoms with E-state index in [2.05, 4.69) is 11.3 Å². The molecule has 1 aromatic carbocycles. The van der Waals surface area contributed by atoms with Crippen molar-refractivity contribution in [3.8, 4) is 5.75 Å². The van der Waals surface area contributed by atoms with Gasteiger partial charge in [-0.3, -0.25) is 4.72 Å². The lowest BCUT2D eigenvalue weighted by molar-refractivity contribution is 0.0483. The second-order valence-electron chi connectivity index (χ2n) is 6.46. The minimum atomic E-state index is -3.89. The zero-order valence-electron chi connectivity index (χ0n) is 16.3. The topological polar surface area (TPSA) is 90.9 Å². The highest BCUT2D eigenvalue weighted by Gasteiger charge is 2.22. The molecule has 1 heterocycles. The number of esters is 1. The van der Waals surface area contributed by atoms with Crippen LogP contribution in [0.1, 0.15) is 36.5 Å². The molecule has 0 spiro atoms. The van der Waals surface area contributed by atoms with Gasteiger partial charge in [-0.25, -0.2) is 13.2 Å². The molecule has 1 aliphatic heterocycles. The van der Waals surface area contributed by atoms with Gasteiger partial charge in [-0.2, -0.15) is 0 Å². The molecule has 0 amide bonds. The Hall–Kier alpha value is -2.32. The number of hydrogen-bond donors (Lipinski definition) is 1. The first-order chi connectivity index (χ1) is 13.4. The van der Waals surface area contributed by atoms with Crippen molar-refractivity contribution in [2.24, 2.45) is 5.92 Å². The second-order valence-corrected chi connectivity index (χ2v) is 8.14. The number of ether oxygens (including phenoxy) is 3. The van der Waals surface area contributed by atoms with Gasteiger partial charge in [0.2, 0.25) is 0 Å². The van der Waals surface area contributed by atoms with Gasteiger partial charge in [0.1, 0.15) is 11.3 Å². The monoisotopic (exact) mass is 409 g/mol. The Morgan fingerprint density at radius 3 is 2.71 bits per heavy atom. The van der Waals surface area contributed by atoms with Crippen LogP contribution in [0.4, 0.5) is 0 Å². The van der Waals surface area contributed by atoms with Crippen LogP contribution >= 0.6 is 0 Å². The van der Waals surface area contributed by atoms with Gasteiger partial charge in [0.25, 0.3) is 10.0 Å². The van der Waals surface area contributed by atoms with E-state index in [0.29, 0.717) is 31.5 Å². The standard InChI is InChI=1S/C20H27NO6S/c1-4-5-6-15(2)21-28(23,24)17-7-8-19(18(13-17)20(22)25-3)27-14-16-9-11-26-12-10-16/h5-8,13,16,21H,2,4,9-12,14H2,1,3H3/b6-5-. The lowest BCUT2D eigenvalue weighted by Crippen LogP contribution is -2.23. The number of carbonyl (C=O) groups excluding carboxylic acids is 1. The number of carbonyl (C=O) groups is 1. The van der Waals surface area contributed by atoms with Gasteiger partial charge in [-0.15, -0.1) is 0 Å². The summed E-state index contributed by atoms with van der Waals surface area (Å²) < 4.78 is 43.4. The van der Waals surface area contributed by atoms with Crippen LogP contribution in [0.2, 0.25) is 0 Å². The van der Waals surface area contributed by atoms with Crippen molar-refractivity contribution in [1.82, 2.24) is 4.72 Å². The van der Waals surface area contributed by atoms with E-state index in [4.69, 9.17) is 14.2 Å². The molecule has 2 rings (SSSR count). The van der Waals surface area contributed by atoms with Gasteiger partial charge in [0.05, 0.1) is 18.6 Å². The number of benzene rings is 1. The van der Waals surface area contributed by atoms with Crippen molar-refractivity contribution < 1.29 is 27.4 Å². The maximum Gasteiger partial charge on any atom is 0.341 e. The number of hydrogen-bond acceptors (Lipinski definition) is 6. The Balaban J connectivity index is 2.21. The smallest absolute Gasteiger partial charge is 0.341 e. The number of allylic oxidation sites excluding steroid dienone is 2. The Morgan fingerprint density at radius 1 is 1.36 bits per heavy atom. The molecule has 0 unspecified atom stereocenters. The number of nitrogens with one attached hydrogen (secondary N) is 1.